The molecule has 3 aromatic rings. The van der Waals surface area contributed by atoms with Gasteiger partial charge in [0.05, 0.1) is 5.56 Å². The standard InChI is InChI=1S/C16H11BrN2O3/c17-9-10-1-3-11(4-2-10)14-18-19-15(22-14)12-5-7-13(8-6-12)16(20)21/h1-8H,9H2,(H,20,21). The monoisotopic (exact) mass is 358 g/mol. The van der Waals surface area contributed by atoms with Crippen molar-refractivity contribution in [2.75, 3.05) is 0 Å². The lowest BCUT2D eigenvalue weighted by molar-refractivity contribution is 0.0697. The topological polar surface area (TPSA) is 76.2 Å². The van der Waals surface area contributed by atoms with Crippen LogP contribution in [0.5, 0.6) is 0 Å². The van der Waals surface area contributed by atoms with E-state index in [9.17, 15) is 4.79 Å². The van der Waals surface area contributed by atoms with Gasteiger partial charge in [-0.25, -0.2) is 4.79 Å². The van der Waals surface area contributed by atoms with E-state index in [1.54, 1.807) is 12.1 Å². The van der Waals surface area contributed by atoms with Gasteiger partial charge in [0.2, 0.25) is 11.8 Å². The predicted octanol–water partition coefficient (Wildman–Crippen LogP) is 4.00. The van der Waals surface area contributed by atoms with Gasteiger partial charge in [-0.1, -0.05) is 28.1 Å². The molecule has 0 atom stereocenters. The number of halogens is 1. The first kappa shape index (κ1) is 14.5. The summed E-state index contributed by atoms with van der Waals surface area (Å²) in [5.41, 5.74) is 2.90. The molecule has 0 radical (unpaired) electrons. The van der Waals surface area contributed by atoms with Crippen LogP contribution in [0.3, 0.4) is 0 Å². The van der Waals surface area contributed by atoms with Crippen LogP contribution in [-0.4, -0.2) is 21.3 Å². The number of carboxylic acids is 1. The second-order valence-electron chi connectivity index (χ2n) is 4.63. The minimum Gasteiger partial charge on any atom is -0.478 e. The molecule has 3 rings (SSSR count). The van der Waals surface area contributed by atoms with Crippen molar-refractivity contribution >= 4 is 21.9 Å². The zero-order valence-electron chi connectivity index (χ0n) is 11.4. The maximum absolute atomic E-state index is 10.8. The first-order valence-corrected chi connectivity index (χ1v) is 7.62. The molecule has 0 unspecified atom stereocenters. The van der Waals surface area contributed by atoms with E-state index in [-0.39, 0.29) is 5.56 Å². The third-order valence-corrected chi connectivity index (χ3v) is 3.81. The molecule has 0 saturated heterocycles. The van der Waals surface area contributed by atoms with Crippen LogP contribution in [0.2, 0.25) is 0 Å². The number of rotatable bonds is 4. The number of aromatic nitrogens is 2. The quantitative estimate of drug-likeness (QED) is 0.713. The molecule has 0 bridgehead atoms. The van der Waals surface area contributed by atoms with Crippen molar-refractivity contribution < 1.29 is 14.3 Å². The lowest BCUT2D eigenvalue weighted by Gasteiger charge is -1.98. The Kier molecular flexibility index (Phi) is 4.02. The second-order valence-corrected chi connectivity index (χ2v) is 5.19. The molecule has 0 fully saturated rings. The number of aromatic carboxylic acids is 1. The maximum Gasteiger partial charge on any atom is 0.335 e. The molecule has 0 aliphatic carbocycles. The fraction of sp³-hybridized carbons (Fsp3) is 0.0625. The Hall–Kier alpha value is -2.47. The van der Waals surface area contributed by atoms with E-state index in [2.05, 4.69) is 26.1 Å². The summed E-state index contributed by atoms with van der Waals surface area (Å²) in [4.78, 5) is 10.8. The molecule has 5 nitrogen and oxygen atoms in total. The highest BCUT2D eigenvalue weighted by Gasteiger charge is 2.11. The zero-order chi connectivity index (χ0) is 15.5. The summed E-state index contributed by atoms with van der Waals surface area (Å²) in [5, 5.41) is 17.7. The molecule has 0 amide bonds. The number of hydrogen-bond donors (Lipinski definition) is 1. The van der Waals surface area contributed by atoms with Crippen molar-refractivity contribution in [3.63, 3.8) is 0 Å². The van der Waals surface area contributed by atoms with Gasteiger partial charge in [-0.05, 0) is 42.0 Å². The Balaban J connectivity index is 1.87. The van der Waals surface area contributed by atoms with E-state index < -0.39 is 5.97 Å². The Bertz CT molecular complexity index is 795. The van der Waals surface area contributed by atoms with Crippen LogP contribution in [-0.2, 0) is 5.33 Å². The first-order chi connectivity index (χ1) is 10.7. The molecule has 22 heavy (non-hydrogen) atoms. The molecule has 0 saturated carbocycles. The second kappa shape index (κ2) is 6.11. The highest BCUT2D eigenvalue weighted by Crippen LogP contribution is 2.24. The number of alkyl halides is 1. The Labute approximate surface area is 134 Å². The number of benzene rings is 2. The van der Waals surface area contributed by atoms with Crippen molar-refractivity contribution in [3.8, 4) is 22.9 Å². The largest absolute Gasteiger partial charge is 0.478 e. The summed E-state index contributed by atoms with van der Waals surface area (Å²) < 4.78 is 5.65. The summed E-state index contributed by atoms with van der Waals surface area (Å²) in [7, 11) is 0. The third-order valence-electron chi connectivity index (χ3n) is 3.16. The van der Waals surface area contributed by atoms with E-state index in [0.29, 0.717) is 17.3 Å². The fourth-order valence-electron chi connectivity index (χ4n) is 1.95. The van der Waals surface area contributed by atoms with Gasteiger partial charge in [-0.2, -0.15) is 0 Å². The van der Waals surface area contributed by atoms with E-state index in [0.717, 1.165) is 16.5 Å². The van der Waals surface area contributed by atoms with Crippen molar-refractivity contribution in [3.05, 3.63) is 59.7 Å². The molecule has 1 N–H and O–H groups in total. The zero-order valence-corrected chi connectivity index (χ0v) is 12.9. The van der Waals surface area contributed by atoms with Crippen LogP contribution in [0.15, 0.2) is 52.9 Å². The van der Waals surface area contributed by atoms with Gasteiger partial charge in [0.15, 0.2) is 0 Å². The summed E-state index contributed by atoms with van der Waals surface area (Å²) >= 11 is 3.40. The Morgan fingerprint density at radius 3 is 1.91 bits per heavy atom. The van der Waals surface area contributed by atoms with Crippen molar-refractivity contribution in [1.82, 2.24) is 10.2 Å². The normalized spacial score (nSPS) is 10.6. The van der Waals surface area contributed by atoms with E-state index in [1.807, 2.05) is 24.3 Å². The molecule has 0 spiro atoms. The minimum absolute atomic E-state index is 0.217. The van der Waals surface area contributed by atoms with Crippen LogP contribution >= 0.6 is 15.9 Å². The van der Waals surface area contributed by atoms with Crippen LogP contribution in [0, 0.1) is 0 Å². The molecule has 6 heteroatoms. The van der Waals surface area contributed by atoms with E-state index in [1.165, 1.54) is 12.1 Å². The van der Waals surface area contributed by atoms with E-state index >= 15 is 0 Å². The summed E-state index contributed by atoms with van der Waals surface area (Å²) in [5.74, 6) is -0.181. The highest BCUT2D eigenvalue weighted by atomic mass is 79.9. The number of carbonyl (C=O) groups is 1. The molecule has 110 valence electrons. The number of hydrogen-bond acceptors (Lipinski definition) is 4. The first-order valence-electron chi connectivity index (χ1n) is 6.50. The van der Waals surface area contributed by atoms with Crippen molar-refractivity contribution in [2.24, 2.45) is 0 Å². The lowest BCUT2D eigenvalue weighted by Crippen LogP contribution is -1.94. The maximum atomic E-state index is 10.8. The smallest absolute Gasteiger partial charge is 0.335 e. The van der Waals surface area contributed by atoms with Crippen LogP contribution < -0.4 is 0 Å². The molecule has 1 heterocycles. The van der Waals surface area contributed by atoms with Gasteiger partial charge in [-0.15, -0.1) is 10.2 Å². The highest BCUT2D eigenvalue weighted by molar-refractivity contribution is 9.08. The average Bonchev–Trinajstić information content (AvgIpc) is 3.05. The van der Waals surface area contributed by atoms with Gasteiger partial charge in [-0.3, -0.25) is 0 Å². The van der Waals surface area contributed by atoms with Gasteiger partial charge in [0.1, 0.15) is 0 Å². The fourth-order valence-corrected chi connectivity index (χ4v) is 2.32. The van der Waals surface area contributed by atoms with Gasteiger partial charge in [0.25, 0.3) is 0 Å². The molecular formula is C16H11BrN2O3. The molecule has 0 aliphatic rings. The van der Waals surface area contributed by atoms with Gasteiger partial charge < -0.3 is 9.52 Å². The molecule has 1 aromatic heterocycles. The van der Waals surface area contributed by atoms with Crippen LogP contribution in [0.4, 0.5) is 0 Å². The Morgan fingerprint density at radius 2 is 1.45 bits per heavy atom. The van der Waals surface area contributed by atoms with Crippen LogP contribution in [0.1, 0.15) is 15.9 Å². The molecule has 0 aliphatic heterocycles. The van der Waals surface area contributed by atoms with Gasteiger partial charge in [0, 0.05) is 16.5 Å². The average molecular weight is 359 g/mol. The lowest BCUT2D eigenvalue weighted by atomic mass is 10.1. The predicted molar refractivity (Wildman–Crippen MR) is 84.8 cm³/mol. The summed E-state index contributed by atoms with van der Waals surface area (Å²) in [6, 6.07) is 14.1. The summed E-state index contributed by atoms with van der Waals surface area (Å²) in [6.45, 7) is 0. The number of nitrogens with zero attached hydrogens (tertiary/aromatic N) is 2. The minimum atomic E-state index is -0.968. The van der Waals surface area contributed by atoms with Crippen LogP contribution in [0.25, 0.3) is 22.9 Å². The van der Waals surface area contributed by atoms with Crippen molar-refractivity contribution in [2.45, 2.75) is 5.33 Å². The van der Waals surface area contributed by atoms with E-state index in [4.69, 9.17) is 9.52 Å². The third kappa shape index (κ3) is 2.92. The SMILES string of the molecule is O=C(O)c1ccc(-c2nnc(-c3ccc(CBr)cc3)o2)cc1. The Morgan fingerprint density at radius 1 is 0.955 bits per heavy atom. The number of carboxylic acid groups (broad SMARTS) is 1. The van der Waals surface area contributed by atoms with Crippen molar-refractivity contribution in [1.29, 1.82) is 0 Å². The molecule has 2 aromatic carbocycles. The molecular weight excluding hydrogens is 348 g/mol. The summed E-state index contributed by atoms with van der Waals surface area (Å²) in [6.07, 6.45) is 0. The van der Waals surface area contributed by atoms with Gasteiger partial charge >= 0.3 is 5.97 Å².